The summed E-state index contributed by atoms with van der Waals surface area (Å²) in [4.78, 5) is 10.9. The molecule has 106 valence electrons. The Balaban J connectivity index is 2.14. The highest BCUT2D eigenvalue weighted by Crippen LogP contribution is 2.13. The van der Waals surface area contributed by atoms with Crippen LogP contribution in [0, 0.1) is 6.92 Å². The van der Waals surface area contributed by atoms with Crippen LogP contribution in [0.2, 0.25) is 0 Å². The van der Waals surface area contributed by atoms with Crippen molar-refractivity contribution in [1.29, 1.82) is 0 Å². The molecule has 0 unspecified atom stereocenters. The van der Waals surface area contributed by atoms with Gasteiger partial charge in [0, 0.05) is 5.56 Å². The highest BCUT2D eigenvalue weighted by atomic mass is 16.1. The maximum atomic E-state index is 10.9. The lowest BCUT2D eigenvalue weighted by molar-refractivity contribution is 0.112. The SMILES string of the molecule is Cc1ccc(CCCCCCCCCN)cc1C=O. The summed E-state index contributed by atoms with van der Waals surface area (Å²) in [5.74, 6) is 0. The van der Waals surface area contributed by atoms with Crippen molar-refractivity contribution in [2.75, 3.05) is 6.54 Å². The number of carbonyl (C=O) groups is 1. The molecule has 0 aliphatic heterocycles. The topological polar surface area (TPSA) is 43.1 Å². The molecule has 0 saturated heterocycles. The summed E-state index contributed by atoms with van der Waals surface area (Å²) in [6, 6.07) is 6.22. The van der Waals surface area contributed by atoms with Crippen molar-refractivity contribution in [2.45, 2.75) is 58.3 Å². The van der Waals surface area contributed by atoms with E-state index in [1.54, 1.807) is 0 Å². The van der Waals surface area contributed by atoms with Crippen molar-refractivity contribution in [3.05, 3.63) is 34.9 Å². The van der Waals surface area contributed by atoms with E-state index >= 15 is 0 Å². The van der Waals surface area contributed by atoms with Gasteiger partial charge in [-0.05, 0) is 49.9 Å². The van der Waals surface area contributed by atoms with E-state index < -0.39 is 0 Å². The highest BCUT2D eigenvalue weighted by Gasteiger charge is 1.99. The normalized spacial score (nSPS) is 10.6. The van der Waals surface area contributed by atoms with Crippen molar-refractivity contribution in [2.24, 2.45) is 5.73 Å². The van der Waals surface area contributed by atoms with Crippen molar-refractivity contribution >= 4 is 6.29 Å². The van der Waals surface area contributed by atoms with Gasteiger partial charge in [0.05, 0.1) is 0 Å². The first-order valence-corrected chi connectivity index (χ1v) is 7.52. The summed E-state index contributed by atoms with van der Waals surface area (Å²) in [5, 5.41) is 0. The molecule has 0 aliphatic carbocycles. The number of carbonyl (C=O) groups excluding carboxylic acids is 1. The van der Waals surface area contributed by atoms with E-state index in [4.69, 9.17) is 5.73 Å². The molecule has 1 aromatic carbocycles. The molecule has 0 saturated carbocycles. The third-order valence-corrected chi connectivity index (χ3v) is 3.64. The van der Waals surface area contributed by atoms with Gasteiger partial charge in [0.15, 0.2) is 0 Å². The average molecular weight is 261 g/mol. The second kappa shape index (κ2) is 9.74. The van der Waals surface area contributed by atoms with E-state index in [0.29, 0.717) is 0 Å². The van der Waals surface area contributed by atoms with Crippen LogP contribution >= 0.6 is 0 Å². The monoisotopic (exact) mass is 261 g/mol. The minimum atomic E-state index is 0.826. The first-order valence-electron chi connectivity index (χ1n) is 7.52. The maximum Gasteiger partial charge on any atom is 0.150 e. The van der Waals surface area contributed by atoms with Crippen LogP contribution in [0.3, 0.4) is 0 Å². The Morgan fingerprint density at radius 2 is 1.63 bits per heavy atom. The first-order chi connectivity index (χ1) is 9.27. The van der Waals surface area contributed by atoms with Gasteiger partial charge < -0.3 is 5.73 Å². The largest absolute Gasteiger partial charge is 0.330 e. The minimum Gasteiger partial charge on any atom is -0.330 e. The smallest absolute Gasteiger partial charge is 0.150 e. The van der Waals surface area contributed by atoms with Crippen LogP contribution in [0.1, 0.15) is 66.4 Å². The zero-order chi connectivity index (χ0) is 13.9. The second-order valence-electron chi connectivity index (χ2n) is 5.32. The fourth-order valence-electron chi connectivity index (χ4n) is 2.33. The summed E-state index contributed by atoms with van der Waals surface area (Å²) in [6.45, 7) is 2.81. The predicted molar refractivity (Wildman–Crippen MR) is 81.6 cm³/mol. The first kappa shape index (κ1) is 15.9. The number of rotatable bonds is 10. The van der Waals surface area contributed by atoms with Gasteiger partial charge in [-0.3, -0.25) is 4.79 Å². The molecule has 0 aromatic heterocycles. The van der Waals surface area contributed by atoms with Crippen LogP contribution in [-0.4, -0.2) is 12.8 Å². The van der Waals surface area contributed by atoms with E-state index in [1.807, 2.05) is 19.1 Å². The fourth-order valence-corrected chi connectivity index (χ4v) is 2.33. The summed E-state index contributed by atoms with van der Waals surface area (Å²) in [7, 11) is 0. The average Bonchev–Trinajstić information content (AvgIpc) is 2.43. The molecule has 19 heavy (non-hydrogen) atoms. The Labute approximate surface area is 117 Å². The van der Waals surface area contributed by atoms with E-state index in [-0.39, 0.29) is 0 Å². The predicted octanol–water partition coefficient (Wildman–Crippen LogP) is 4.04. The number of aldehydes is 1. The third-order valence-electron chi connectivity index (χ3n) is 3.64. The summed E-state index contributed by atoms with van der Waals surface area (Å²) in [5.41, 5.74) is 8.65. The van der Waals surface area contributed by atoms with Crippen LogP contribution < -0.4 is 5.73 Å². The molecule has 0 heterocycles. The quantitative estimate of drug-likeness (QED) is 0.510. The van der Waals surface area contributed by atoms with Crippen molar-refractivity contribution in [3.63, 3.8) is 0 Å². The zero-order valence-electron chi connectivity index (χ0n) is 12.2. The van der Waals surface area contributed by atoms with Gasteiger partial charge in [0.1, 0.15) is 6.29 Å². The molecule has 0 fully saturated rings. The number of aryl methyl sites for hydroxylation is 2. The van der Waals surface area contributed by atoms with Crippen LogP contribution in [0.5, 0.6) is 0 Å². The van der Waals surface area contributed by atoms with Crippen molar-refractivity contribution in [1.82, 2.24) is 0 Å². The van der Waals surface area contributed by atoms with Gasteiger partial charge in [-0.2, -0.15) is 0 Å². The summed E-state index contributed by atoms with van der Waals surface area (Å²) < 4.78 is 0. The Bertz CT molecular complexity index is 374. The van der Waals surface area contributed by atoms with Gasteiger partial charge in [-0.25, -0.2) is 0 Å². The number of nitrogens with two attached hydrogens (primary N) is 1. The molecule has 0 spiro atoms. The molecule has 2 N–H and O–H groups in total. The van der Waals surface area contributed by atoms with Gasteiger partial charge in [-0.1, -0.05) is 44.2 Å². The lowest BCUT2D eigenvalue weighted by Crippen LogP contribution is -1.97. The number of hydrogen-bond acceptors (Lipinski definition) is 2. The molecule has 1 rings (SSSR count). The van der Waals surface area contributed by atoms with Crippen molar-refractivity contribution in [3.8, 4) is 0 Å². The Hall–Kier alpha value is -1.15. The van der Waals surface area contributed by atoms with E-state index in [9.17, 15) is 4.79 Å². The highest BCUT2D eigenvalue weighted by molar-refractivity contribution is 5.77. The molecule has 0 radical (unpaired) electrons. The standard InChI is InChI=1S/C17H27NO/c1-15-10-11-16(13-17(15)14-19)9-7-5-3-2-4-6-8-12-18/h10-11,13-14H,2-9,12,18H2,1H3. The zero-order valence-corrected chi connectivity index (χ0v) is 12.2. The maximum absolute atomic E-state index is 10.9. The Kier molecular flexibility index (Phi) is 8.15. The lowest BCUT2D eigenvalue weighted by Gasteiger charge is -2.05. The molecule has 0 atom stereocenters. The molecule has 0 amide bonds. The number of unbranched alkanes of at least 4 members (excludes halogenated alkanes) is 6. The van der Waals surface area contributed by atoms with Crippen molar-refractivity contribution < 1.29 is 4.79 Å². The minimum absolute atomic E-state index is 0.826. The van der Waals surface area contributed by atoms with E-state index in [1.165, 1.54) is 44.1 Å². The van der Waals surface area contributed by atoms with Gasteiger partial charge in [0.25, 0.3) is 0 Å². The number of hydrogen-bond donors (Lipinski definition) is 1. The molecular formula is C17H27NO. The van der Waals surface area contributed by atoms with Gasteiger partial charge >= 0.3 is 0 Å². The van der Waals surface area contributed by atoms with Crippen LogP contribution in [0.4, 0.5) is 0 Å². The molecule has 0 aliphatic rings. The molecule has 2 heteroatoms. The summed E-state index contributed by atoms with van der Waals surface area (Å²) >= 11 is 0. The van der Waals surface area contributed by atoms with Crippen LogP contribution in [0.25, 0.3) is 0 Å². The van der Waals surface area contributed by atoms with E-state index in [2.05, 4.69) is 6.07 Å². The second-order valence-corrected chi connectivity index (χ2v) is 5.32. The fraction of sp³-hybridized carbons (Fsp3) is 0.588. The lowest BCUT2D eigenvalue weighted by atomic mass is 10.0. The van der Waals surface area contributed by atoms with Gasteiger partial charge in [0.2, 0.25) is 0 Å². The number of benzene rings is 1. The Morgan fingerprint density at radius 1 is 1.00 bits per heavy atom. The molecule has 1 aromatic rings. The van der Waals surface area contributed by atoms with Gasteiger partial charge in [-0.15, -0.1) is 0 Å². The van der Waals surface area contributed by atoms with Crippen LogP contribution in [-0.2, 0) is 6.42 Å². The van der Waals surface area contributed by atoms with E-state index in [0.717, 1.165) is 36.8 Å². The van der Waals surface area contributed by atoms with Crippen LogP contribution in [0.15, 0.2) is 18.2 Å². The molecule has 2 nitrogen and oxygen atoms in total. The molecular weight excluding hydrogens is 234 g/mol. The third kappa shape index (κ3) is 6.53. The molecule has 0 bridgehead atoms. The Morgan fingerprint density at radius 3 is 2.26 bits per heavy atom. The summed E-state index contributed by atoms with van der Waals surface area (Å²) in [6.07, 6.45) is 10.9.